The molecule has 1 saturated heterocycles. The monoisotopic (exact) mass is 210 g/mol. The molecule has 0 aliphatic carbocycles. The molecule has 0 aromatic heterocycles. The number of benzene rings is 1. The van der Waals surface area contributed by atoms with Crippen LogP contribution in [0.4, 0.5) is 4.39 Å². The Kier molecular flexibility index (Phi) is 2.44. The molecule has 0 unspecified atom stereocenters. The third-order valence-electron chi connectivity index (χ3n) is 2.68. The van der Waals surface area contributed by atoms with Gasteiger partial charge < -0.3 is 9.84 Å². The fourth-order valence-electron chi connectivity index (χ4n) is 1.83. The van der Waals surface area contributed by atoms with E-state index < -0.39 is 11.4 Å². The molecule has 0 spiro atoms. The van der Waals surface area contributed by atoms with Gasteiger partial charge in [-0.15, -0.1) is 0 Å². The van der Waals surface area contributed by atoms with Crippen LogP contribution in [0.1, 0.15) is 12.0 Å². The number of halogens is 1. The standard InChI is InChI=1S/C11H11FO3/c12-9-3-1-2-8(4-9)11(5-10(13)14)6-15-7-11/h1-4H,5-7H2,(H,13,14). The lowest BCUT2D eigenvalue weighted by molar-refractivity contribution is -0.145. The molecule has 1 fully saturated rings. The molecule has 2 rings (SSSR count). The van der Waals surface area contributed by atoms with Crippen molar-refractivity contribution in [3.8, 4) is 0 Å². The summed E-state index contributed by atoms with van der Waals surface area (Å²) in [7, 11) is 0. The number of aliphatic carboxylic acids is 1. The summed E-state index contributed by atoms with van der Waals surface area (Å²) in [6.45, 7) is 0.700. The van der Waals surface area contributed by atoms with Gasteiger partial charge in [-0.25, -0.2) is 4.39 Å². The Morgan fingerprint density at radius 3 is 2.73 bits per heavy atom. The zero-order valence-corrected chi connectivity index (χ0v) is 8.07. The first-order valence-electron chi connectivity index (χ1n) is 4.68. The van der Waals surface area contributed by atoms with Crippen molar-refractivity contribution >= 4 is 5.97 Å². The van der Waals surface area contributed by atoms with E-state index in [-0.39, 0.29) is 12.2 Å². The van der Waals surface area contributed by atoms with Crippen LogP contribution in [0.5, 0.6) is 0 Å². The predicted molar refractivity (Wildman–Crippen MR) is 51.1 cm³/mol. The molecule has 0 atom stereocenters. The molecule has 1 heterocycles. The molecule has 1 N–H and O–H groups in total. The first-order chi connectivity index (χ1) is 7.12. The number of carbonyl (C=O) groups is 1. The van der Waals surface area contributed by atoms with Crippen molar-refractivity contribution in [2.45, 2.75) is 11.8 Å². The third-order valence-corrected chi connectivity index (χ3v) is 2.68. The predicted octanol–water partition coefficient (Wildman–Crippen LogP) is 1.57. The summed E-state index contributed by atoms with van der Waals surface area (Å²) >= 11 is 0. The van der Waals surface area contributed by atoms with E-state index in [1.807, 2.05) is 0 Å². The Morgan fingerprint density at radius 1 is 1.53 bits per heavy atom. The molecule has 4 heteroatoms. The summed E-state index contributed by atoms with van der Waals surface area (Å²) in [5.74, 6) is -1.23. The first kappa shape index (κ1) is 10.1. The maximum absolute atomic E-state index is 13.0. The fraction of sp³-hybridized carbons (Fsp3) is 0.364. The molecular weight excluding hydrogens is 199 g/mol. The highest BCUT2D eigenvalue weighted by molar-refractivity contribution is 5.69. The number of rotatable bonds is 3. The van der Waals surface area contributed by atoms with E-state index in [1.54, 1.807) is 12.1 Å². The van der Waals surface area contributed by atoms with Crippen LogP contribution in [0, 0.1) is 5.82 Å². The summed E-state index contributed by atoms with van der Waals surface area (Å²) in [5.41, 5.74) is 0.171. The smallest absolute Gasteiger partial charge is 0.304 e. The van der Waals surface area contributed by atoms with Crippen molar-refractivity contribution in [1.29, 1.82) is 0 Å². The van der Waals surface area contributed by atoms with E-state index in [1.165, 1.54) is 12.1 Å². The largest absolute Gasteiger partial charge is 0.481 e. The van der Waals surface area contributed by atoms with E-state index in [0.29, 0.717) is 18.8 Å². The maximum atomic E-state index is 13.0. The Bertz CT molecular complexity index is 385. The Hall–Kier alpha value is -1.42. The van der Waals surface area contributed by atoms with Gasteiger partial charge in [0.1, 0.15) is 5.82 Å². The molecule has 1 aliphatic rings. The zero-order valence-electron chi connectivity index (χ0n) is 8.07. The van der Waals surface area contributed by atoms with Gasteiger partial charge in [-0.3, -0.25) is 4.79 Å². The van der Waals surface area contributed by atoms with Crippen molar-refractivity contribution in [1.82, 2.24) is 0 Å². The van der Waals surface area contributed by atoms with Crippen molar-refractivity contribution in [2.75, 3.05) is 13.2 Å². The van der Waals surface area contributed by atoms with Crippen LogP contribution in [0.25, 0.3) is 0 Å². The zero-order chi connectivity index (χ0) is 10.9. The summed E-state index contributed by atoms with van der Waals surface area (Å²) < 4.78 is 18.1. The molecule has 1 aromatic carbocycles. The number of carboxylic acid groups (broad SMARTS) is 1. The van der Waals surface area contributed by atoms with Crippen molar-refractivity contribution < 1.29 is 19.0 Å². The molecule has 15 heavy (non-hydrogen) atoms. The number of ether oxygens (including phenoxy) is 1. The molecule has 0 bridgehead atoms. The molecule has 3 nitrogen and oxygen atoms in total. The van der Waals surface area contributed by atoms with E-state index in [9.17, 15) is 9.18 Å². The van der Waals surface area contributed by atoms with Crippen molar-refractivity contribution in [3.63, 3.8) is 0 Å². The molecule has 80 valence electrons. The van der Waals surface area contributed by atoms with Crippen molar-refractivity contribution in [3.05, 3.63) is 35.6 Å². The van der Waals surface area contributed by atoms with E-state index in [4.69, 9.17) is 9.84 Å². The van der Waals surface area contributed by atoms with Crippen LogP contribution < -0.4 is 0 Å². The highest BCUT2D eigenvalue weighted by atomic mass is 19.1. The van der Waals surface area contributed by atoms with Gasteiger partial charge in [0.05, 0.1) is 25.0 Å². The van der Waals surface area contributed by atoms with E-state index in [2.05, 4.69) is 0 Å². The molecule has 0 radical (unpaired) electrons. The number of carboxylic acids is 1. The summed E-state index contributed by atoms with van der Waals surface area (Å²) in [6, 6.07) is 6.06. The topological polar surface area (TPSA) is 46.5 Å². The lowest BCUT2D eigenvalue weighted by Crippen LogP contribution is -2.48. The average molecular weight is 210 g/mol. The average Bonchev–Trinajstić information content (AvgIpc) is 2.11. The van der Waals surface area contributed by atoms with E-state index >= 15 is 0 Å². The van der Waals surface area contributed by atoms with Crippen LogP contribution >= 0.6 is 0 Å². The fourth-order valence-corrected chi connectivity index (χ4v) is 1.83. The Labute approximate surface area is 86.5 Å². The van der Waals surface area contributed by atoms with Crippen LogP contribution in [0.15, 0.2) is 24.3 Å². The maximum Gasteiger partial charge on any atom is 0.304 e. The molecular formula is C11H11FO3. The van der Waals surface area contributed by atoms with Crippen LogP contribution in [-0.2, 0) is 14.9 Å². The SMILES string of the molecule is O=C(O)CC1(c2cccc(F)c2)COC1. The minimum absolute atomic E-state index is 0.0174. The highest BCUT2D eigenvalue weighted by Crippen LogP contribution is 2.35. The summed E-state index contributed by atoms with van der Waals surface area (Å²) in [5, 5.41) is 8.80. The lowest BCUT2D eigenvalue weighted by Gasteiger charge is -2.40. The molecule has 0 saturated carbocycles. The van der Waals surface area contributed by atoms with Crippen LogP contribution in [0.2, 0.25) is 0 Å². The lowest BCUT2D eigenvalue weighted by atomic mass is 9.76. The van der Waals surface area contributed by atoms with E-state index in [0.717, 1.165) is 0 Å². The van der Waals surface area contributed by atoms with Gasteiger partial charge in [0, 0.05) is 0 Å². The minimum Gasteiger partial charge on any atom is -0.481 e. The minimum atomic E-state index is -0.887. The normalized spacial score (nSPS) is 18.2. The van der Waals surface area contributed by atoms with Crippen LogP contribution in [-0.4, -0.2) is 24.3 Å². The van der Waals surface area contributed by atoms with Gasteiger partial charge in [0.15, 0.2) is 0 Å². The third kappa shape index (κ3) is 1.85. The quantitative estimate of drug-likeness (QED) is 0.823. The molecule has 1 aliphatic heterocycles. The summed E-state index contributed by atoms with van der Waals surface area (Å²) in [4.78, 5) is 10.7. The van der Waals surface area contributed by atoms with Gasteiger partial charge in [-0.05, 0) is 17.7 Å². The second-order valence-corrected chi connectivity index (χ2v) is 3.85. The first-order valence-corrected chi connectivity index (χ1v) is 4.68. The van der Waals surface area contributed by atoms with Gasteiger partial charge >= 0.3 is 5.97 Å². The Balaban J connectivity index is 2.29. The Morgan fingerprint density at radius 2 is 2.27 bits per heavy atom. The van der Waals surface area contributed by atoms with Gasteiger partial charge in [0.2, 0.25) is 0 Å². The molecule has 1 aromatic rings. The van der Waals surface area contributed by atoms with Crippen LogP contribution in [0.3, 0.4) is 0 Å². The van der Waals surface area contributed by atoms with Crippen molar-refractivity contribution in [2.24, 2.45) is 0 Å². The van der Waals surface area contributed by atoms with Gasteiger partial charge in [0.25, 0.3) is 0 Å². The second kappa shape index (κ2) is 3.62. The number of hydrogen-bond donors (Lipinski definition) is 1. The molecule has 0 amide bonds. The summed E-state index contributed by atoms with van der Waals surface area (Å²) in [6.07, 6.45) is -0.0174. The van der Waals surface area contributed by atoms with Gasteiger partial charge in [-0.1, -0.05) is 12.1 Å². The highest BCUT2D eigenvalue weighted by Gasteiger charge is 2.42. The van der Waals surface area contributed by atoms with Gasteiger partial charge in [-0.2, -0.15) is 0 Å². The second-order valence-electron chi connectivity index (χ2n) is 3.85. The number of hydrogen-bond acceptors (Lipinski definition) is 2.